The van der Waals surface area contributed by atoms with Crippen LogP contribution in [-0.2, 0) is 6.18 Å². The average molecular weight is 497 g/mol. The summed E-state index contributed by atoms with van der Waals surface area (Å²) < 4.78 is 45.4. The number of anilines is 4. The average Bonchev–Trinajstić information content (AvgIpc) is 3.15. The van der Waals surface area contributed by atoms with Crippen LogP contribution in [0.1, 0.15) is 5.56 Å². The Balaban J connectivity index is 1.69. The topological polar surface area (TPSA) is 115 Å². The number of nitrogens with zero attached hydrogens (tertiary/aromatic N) is 4. The minimum absolute atomic E-state index is 0.0912. The fraction of sp³-hybridized carbons (Fsp3) is 0.105. The van der Waals surface area contributed by atoms with Crippen molar-refractivity contribution in [2.24, 2.45) is 0 Å². The summed E-state index contributed by atoms with van der Waals surface area (Å²) in [7, 11) is 1.53. The van der Waals surface area contributed by atoms with Crippen LogP contribution in [0.2, 0.25) is 5.02 Å². The zero-order chi connectivity index (χ0) is 23.8. The maximum absolute atomic E-state index is 13.1. The molecule has 2 heterocycles. The maximum atomic E-state index is 13.1. The highest BCUT2D eigenvalue weighted by molar-refractivity contribution is 7.22. The Hall–Kier alpha value is -3.71. The van der Waals surface area contributed by atoms with Gasteiger partial charge in [0.1, 0.15) is 12.1 Å². The number of rotatable bonds is 6. The first-order valence-electron chi connectivity index (χ1n) is 9.00. The van der Waals surface area contributed by atoms with Gasteiger partial charge in [0, 0.05) is 5.69 Å². The number of nitro groups is 1. The Bertz CT molecular complexity index is 1360. The number of hydrogen-bond donors (Lipinski definition) is 2. The van der Waals surface area contributed by atoms with Gasteiger partial charge in [0.2, 0.25) is 11.6 Å². The van der Waals surface area contributed by atoms with Crippen LogP contribution in [0.4, 0.5) is 41.3 Å². The number of methoxy groups -OCH3 is 1. The second-order valence-electron chi connectivity index (χ2n) is 6.47. The van der Waals surface area contributed by atoms with Gasteiger partial charge in [-0.1, -0.05) is 22.9 Å². The summed E-state index contributed by atoms with van der Waals surface area (Å²) in [5.41, 5.74) is -1.11. The normalized spacial score (nSPS) is 11.4. The summed E-state index contributed by atoms with van der Waals surface area (Å²) in [6.45, 7) is 0. The molecule has 0 saturated heterocycles. The molecule has 0 saturated carbocycles. The number of alkyl halides is 3. The number of fused-ring (bicyclic) bond motifs is 1. The molecule has 0 aliphatic rings. The fourth-order valence-electron chi connectivity index (χ4n) is 2.88. The van der Waals surface area contributed by atoms with Gasteiger partial charge in [-0.2, -0.15) is 13.2 Å². The molecule has 14 heteroatoms. The summed E-state index contributed by atoms with van der Waals surface area (Å²) in [5.74, 6) is 0.127. The Labute approximate surface area is 192 Å². The molecule has 0 unspecified atom stereocenters. The van der Waals surface area contributed by atoms with E-state index in [1.54, 1.807) is 18.2 Å². The monoisotopic (exact) mass is 496 g/mol. The van der Waals surface area contributed by atoms with E-state index >= 15 is 0 Å². The van der Waals surface area contributed by atoms with Gasteiger partial charge in [-0.05, 0) is 36.4 Å². The predicted molar refractivity (Wildman–Crippen MR) is 118 cm³/mol. The third-order valence-corrected chi connectivity index (χ3v) is 5.62. The van der Waals surface area contributed by atoms with Crippen molar-refractivity contribution in [2.75, 3.05) is 17.7 Å². The molecule has 0 fully saturated rings. The summed E-state index contributed by atoms with van der Waals surface area (Å²) >= 11 is 6.84. The summed E-state index contributed by atoms with van der Waals surface area (Å²) in [6, 6.07) is 8.24. The van der Waals surface area contributed by atoms with Gasteiger partial charge in [0.15, 0.2) is 5.13 Å². The van der Waals surface area contributed by atoms with Crippen molar-refractivity contribution in [2.45, 2.75) is 6.18 Å². The van der Waals surface area contributed by atoms with Crippen LogP contribution in [0, 0.1) is 10.1 Å². The molecule has 9 nitrogen and oxygen atoms in total. The molecule has 0 aliphatic carbocycles. The van der Waals surface area contributed by atoms with Crippen molar-refractivity contribution in [1.29, 1.82) is 0 Å². The van der Waals surface area contributed by atoms with Crippen molar-refractivity contribution in [3.8, 4) is 5.75 Å². The highest BCUT2D eigenvalue weighted by atomic mass is 35.5. The van der Waals surface area contributed by atoms with E-state index in [1.165, 1.54) is 24.5 Å². The molecule has 0 radical (unpaired) electrons. The molecule has 4 rings (SSSR count). The summed E-state index contributed by atoms with van der Waals surface area (Å²) in [5, 5.41) is 16.9. The van der Waals surface area contributed by atoms with Gasteiger partial charge < -0.3 is 15.4 Å². The van der Waals surface area contributed by atoms with E-state index in [0.717, 1.165) is 23.2 Å². The molecule has 4 aromatic rings. The highest BCUT2D eigenvalue weighted by Gasteiger charge is 2.33. The molecule has 0 aliphatic heterocycles. The molecule has 0 amide bonds. The van der Waals surface area contributed by atoms with Crippen molar-refractivity contribution in [1.82, 2.24) is 15.0 Å². The highest BCUT2D eigenvalue weighted by Crippen LogP contribution is 2.39. The van der Waals surface area contributed by atoms with Crippen LogP contribution >= 0.6 is 22.9 Å². The summed E-state index contributed by atoms with van der Waals surface area (Å²) in [6.07, 6.45) is -3.66. The molecule has 2 aromatic heterocycles. The number of thiazole rings is 1. The zero-order valence-corrected chi connectivity index (χ0v) is 18.0. The lowest BCUT2D eigenvalue weighted by molar-refractivity contribution is -0.383. The van der Waals surface area contributed by atoms with E-state index in [9.17, 15) is 23.3 Å². The maximum Gasteiger partial charge on any atom is 0.417 e. The number of benzene rings is 2. The van der Waals surface area contributed by atoms with E-state index in [0.29, 0.717) is 16.4 Å². The number of nitrogens with one attached hydrogen (secondary N) is 2. The van der Waals surface area contributed by atoms with E-state index in [-0.39, 0.29) is 17.3 Å². The van der Waals surface area contributed by atoms with Gasteiger partial charge in [-0.25, -0.2) is 15.0 Å². The van der Waals surface area contributed by atoms with Gasteiger partial charge >= 0.3 is 11.9 Å². The third-order valence-electron chi connectivity index (χ3n) is 4.36. The SMILES string of the molecule is COc1ccc2nc(Nc3ncnc(Nc4ccc(Cl)c(C(F)(F)F)c4)c3[N+](=O)[O-])sc2c1. The van der Waals surface area contributed by atoms with E-state index in [2.05, 4.69) is 25.6 Å². The molecule has 33 heavy (non-hydrogen) atoms. The minimum atomic E-state index is -4.70. The lowest BCUT2D eigenvalue weighted by atomic mass is 10.2. The number of hydrogen-bond acceptors (Lipinski definition) is 9. The van der Waals surface area contributed by atoms with Crippen molar-refractivity contribution < 1.29 is 22.8 Å². The minimum Gasteiger partial charge on any atom is -0.497 e. The Kier molecular flexibility index (Phi) is 5.91. The fourth-order valence-corrected chi connectivity index (χ4v) is 4.00. The molecular weight excluding hydrogens is 485 g/mol. The van der Waals surface area contributed by atoms with Gasteiger partial charge in [0.25, 0.3) is 0 Å². The number of ether oxygens (including phenoxy) is 1. The van der Waals surface area contributed by atoms with Crippen molar-refractivity contribution in [3.63, 3.8) is 0 Å². The first kappa shape index (κ1) is 22.5. The second kappa shape index (κ2) is 8.67. The zero-order valence-electron chi connectivity index (χ0n) is 16.5. The molecule has 0 bridgehead atoms. The lowest BCUT2D eigenvalue weighted by Gasteiger charge is -2.12. The number of halogens is 4. The smallest absolute Gasteiger partial charge is 0.417 e. The summed E-state index contributed by atoms with van der Waals surface area (Å²) in [4.78, 5) is 23.1. The molecule has 0 atom stereocenters. The van der Waals surface area contributed by atoms with Crippen LogP contribution in [-0.4, -0.2) is 27.0 Å². The first-order valence-corrected chi connectivity index (χ1v) is 10.2. The van der Waals surface area contributed by atoms with Crippen molar-refractivity contribution in [3.05, 3.63) is 63.4 Å². The molecular formula is C19H12ClF3N6O3S. The standard InChI is InChI=1S/C19H12ClF3N6O3S/c1-32-10-3-5-13-14(7-10)33-18(27-13)28-17-15(29(30)31)16(24-8-25-17)26-9-2-4-12(20)11(6-9)19(21,22)23/h2-8H,1H3,(H2,24,25,26,27,28). The Morgan fingerprint density at radius 1 is 1.12 bits per heavy atom. The molecule has 170 valence electrons. The Morgan fingerprint density at radius 2 is 1.85 bits per heavy atom. The van der Waals surface area contributed by atoms with Crippen molar-refractivity contribution >= 4 is 61.3 Å². The third kappa shape index (κ3) is 4.73. The molecule has 2 aromatic carbocycles. The number of aromatic nitrogens is 3. The van der Waals surface area contributed by atoms with Gasteiger partial charge in [-0.15, -0.1) is 0 Å². The quantitative estimate of drug-likeness (QED) is 0.241. The van der Waals surface area contributed by atoms with Crippen LogP contribution < -0.4 is 15.4 Å². The van der Waals surface area contributed by atoms with Gasteiger partial charge in [-0.3, -0.25) is 10.1 Å². The van der Waals surface area contributed by atoms with Gasteiger partial charge in [0.05, 0.1) is 32.8 Å². The molecule has 0 spiro atoms. The van der Waals surface area contributed by atoms with Crippen LogP contribution in [0.3, 0.4) is 0 Å². The lowest BCUT2D eigenvalue weighted by Crippen LogP contribution is -2.08. The largest absolute Gasteiger partial charge is 0.497 e. The Morgan fingerprint density at radius 3 is 2.52 bits per heavy atom. The van der Waals surface area contributed by atoms with Crippen LogP contribution in [0.5, 0.6) is 5.75 Å². The van der Waals surface area contributed by atoms with E-state index in [4.69, 9.17) is 16.3 Å². The predicted octanol–water partition coefficient (Wildman–Crippen LogP) is 6.16. The molecule has 2 N–H and O–H groups in total. The van der Waals surface area contributed by atoms with Crippen LogP contribution in [0.25, 0.3) is 10.2 Å². The second-order valence-corrected chi connectivity index (χ2v) is 7.91. The first-order chi connectivity index (χ1) is 15.7. The van der Waals surface area contributed by atoms with E-state index in [1.807, 2.05) is 0 Å². The van der Waals surface area contributed by atoms with Crippen LogP contribution in [0.15, 0.2) is 42.7 Å². The van der Waals surface area contributed by atoms with E-state index < -0.39 is 27.4 Å².